The van der Waals surface area contributed by atoms with Crippen molar-refractivity contribution in [3.05, 3.63) is 72.2 Å². The van der Waals surface area contributed by atoms with Crippen LogP contribution >= 0.6 is 0 Å². The van der Waals surface area contributed by atoms with Crippen molar-refractivity contribution in [1.82, 2.24) is 9.55 Å². The zero-order chi connectivity index (χ0) is 17.9. The van der Waals surface area contributed by atoms with Crippen LogP contribution in [0, 0.1) is 0 Å². The van der Waals surface area contributed by atoms with Crippen LogP contribution in [-0.4, -0.2) is 15.5 Å². The summed E-state index contributed by atoms with van der Waals surface area (Å²) < 4.78 is 2.28. The Kier molecular flexibility index (Phi) is 4.57. The third kappa shape index (κ3) is 3.15. The fourth-order valence-corrected chi connectivity index (χ4v) is 3.73. The highest BCUT2D eigenvalue weighted by atomic mass is 16.1. The zero-order valence-electron chi connectivity index (χ0n) is 15.0. The molecule has 1 atom stereocenters. The summed E-state index contributed by atoms with van der Waals surface area (Å²) >= 11 is 0. The molecule has 0 fully saturated rings. The lowest BCUT2D eigenvalue weighted by atomic mass is 9.95. The molecule has 4 nitrogen and oxygen atoms in total. The number of carbonyl (C=O) groups excluding carboxylic acids is 1. The maximum atomic E-state index is 12.8. The average molecular weight is 345 g/mol. The van der Waals surface area contributed by atoms with Gasteiger partial charge in [0.2, 0.25) is 5.91 Å². The fraction of sp³-hybridized carbons (Fsp3) is 0.273. The van der Waals surface area contributed by atoms with Crippen LogP contribution in [0.3, 0.4) is 0 Å². The fourth-order valence-electron chi connectivity index (χ4n) is 3.73. The summed E-state index contributed by atoms with van der Waals surface area (Å²) in [7, 11) is 0. The molecule has 0 saturated carbocycles. The second-order valence-electron chi connectivity index (χ2n) is 6.76. The molecule has 26 heavy (non-hydrogen) atoms. The van der Waals surface area contributed by atoms with Crippen LogP contribution in [0.4, 0.5) is 5.69 Å². The van der Waals surface area contributed by atoms with Crippen molar-refractivity contribution in [2.75, 3.05) is 5.32 Å². The van der Waals surface area contributed by atoms with Crippen LogP contribution in [0.2, 0.25) is 0 Å². The Bertz CT molecular complexity index is 914. The molecule has 1 N–H and O–H groups in total. The maximum absolute atomic E-state index is 12.8. The Morgan fingerprint density at radius 1 is 1.19 bits per heavy atom. The predicted molar refractivity (Wildman–Crippen MR) is 104 cm³/mol. The first-order valence-corrected chi connectivity index (χ1v) is 9.27. The smallest absolute Gasteiger partial charge is 0.231 e. The molecule has 0 aliphatic carbocycles. The molecule has 4 heteroatoms. The van der Waals surface area contributed by atoms with Crippen molar-refractivity contribution < 1.29 is 4.79 Å². The Hall–Kier alpha value is -2.88. The van der Waals surface area contributed by atoms with E-state index in [2.05, 4.69) is 20.9 Å². The van der Waals surface area contributed by atoms with E-state index in [0.717, 1.165) is 54.1 Å². The van der Waals surface area contributed by atoms with Crippen molar-refractivity contribution >= 4 is 11.6 Å². The lowest BCUT2D eigenvalue weighted by Gasteiger charge is -2.16. The molecule has 132 valence electrons. The molecular formula is C22H23N3O. The van der Waals surface area contributed by atoms with Gasteiger partial charge in [-0.05, 0) is 30.5 Å². The molecule has 1 aromatic heterocycles. The lowest BCUT2D eigenvalue weighted by molar-refractivity contribution is -0.117. The predicted octanol–water partition coefficient (Wildman–Crippen LogP) is 4.63. The van der Waals surface area contributed by atoms with E-state index in [1.165, 1.54) is 0 Å². The molecule has 0 spiro atoms. The highest BCUT2D eigenvalue weighted by Gasteiger charge is 2.20. The number of nitrogens with zero attached hydrogens (tertiary/aromatic N) is 2. The summed E-state index contributed by atoms with van der Waals surface area (Å²) in [5.41, 5.74) is 4.10. The summed E-state index contributed by atoms with van der Waals surface area (Å²) in [6.07, 6.45) is 4.91. The average Bonchev–Trinajstić information content (AvgIpc) is 3.27. The molecule has 0 saturated heterocycles. The van der Waals surface area contributed by atoms with Gasteiger partial charge in [-0.2, -0.15) is 0 Å². The molecule has 1 unspecified atom stereocenters. The van der Waals surface area contributed by atoms with Gasteiger partial charge in [-0.15, -0.1) is 0 Å². The van der Waals surface area contributed by atoms with E-state index >= 15 is 0 Å². The van der Waals surface area contributed by atoms with Crippen LogP contribution in [0.1, 0.15) is 37.1 Å². The molecule has 0 bridgehead atoms. The number of carbonyl (C=O) groups is 1. The van der Waals surface area contributed by atoms with E-state index in [1.54, 1.807) is 0 Å². The number of imidazole rings is 1. The van der Waals surface area contributed by atoms with Crippen molar-refractivity contribution in [3.63, 3.8) is 0 Å². The summed E-state index contributed by atoms with van der Waals surface area (Å²) in [5.74, 6) is 1.05. The molecule has 4 rings (SSSR count). The van der Waals surface area contributed by atoms with Gasteiger partial charge in [0, 0.05) is 24.2 Å². The van der Waals surface area contributed by atoms with Crippen LogP contribution in [0.15, 0.2) is 60.8 Å². The lowest BCUT2D eigenvalue weighted by Crippen LogP contribution is -2.20. The number of fused-ring (bicyclic) bond motifs is 1. The standard InChI is InChI=1S/C22H23N3O/c1-2-19(16-8-4-3-5-9-16)22(26)24-18-11-6-10-17(14-18)20-15-23-21-12-7-13-25(20)21/h3-6,8-11,14-15,19H,2,7,12-13H2,1H3,(H,24,26). The minimum Gasteiger partial charge on any atom is -0.328 e. The largest absolute Gasteiger partial charge is 0.328 e. The Morgan fingerprint density at radius 2 is 2.04 bits per heavy atom. The first-order valence-electron chi connectivity index (χ1n) is 9.27. The van der Waals surface area contributed by atoms with Gasteiger partial charge in [0.05, 0.1) is 17.8 Å². The van der Waals surface area contributed by atoms with Gasteiger partial charge < -0.3 is 9.88 Å². The van der Waals surface area contributed by atoms with Gasteiger partial charge in [0.15, 0.2) is 0 Å². The number of nitrogens with one attached hydrogen (secondary N) is 1. The number of aromatic nitrogens is 2. The zero-order valence-corrected chi connectivity index (χ0v) is 15.0. The van der Waals surface area contributed by atoms with Crippen LogP contribution in [-0.2, 0) is 17.8 Å². The molecule has 0 radical (unpaired) electrons. The molecule has 2 heterocycles. The van der Waals surface area contributed by atoms with Crippen molar-refractivity contribution in [1.29, 1.82) is 0 Å². The van der Waals surface area contributed by atoms with Gasteiger partial charge in [0.1, 0.15) is 5.82 Å². The van der Waals surface area contributed by atoms with Crippen molar-refractivity contribution in [3.8, 4) is 11.3 Å². The molecular weight excluding hydrogens is 322 g/mol. The van der Waals surface area contributed by atoms with E-state index in [4.69, 9.17) is 0 Å². The molecule has 3 aromatic rings. The Morgan fingerprint density at radius 3 is 2.85 bits per heavy atom. The third-order valence-corrected chi connectivity index (χ3v) is 5.07. The second-order valence-corrected chi connectivity index (χ2v) is 6.76. The van der Waals surface area contributed by atoms with Gasteiger partial charge >= 0.3 is 0 Å². The van der Waals surface area contributed by atoms with Gasteiger partial charge in [-0.3, -0.25) is 4.79 Å². The number of aryl methyl sites for hydroxylation is 1. The number of hydrogen-bond donors (Lipinski definition) is 1. The minimum absolute atomic E-state index is 0.0364. The Balaban J connectivity index is 1.56. The summed E-state index contributed by atoms with van der Waals surface area (Å²) in [6.45, 7) is 3.07. The van der Waals surface area contributed by atoms with E-state index in [-0.39, 0.29) is 11.8 Å². The monoisotopic (exact) mass is 345 g/mol. The number of anilines is 1. The second kappa shape index (κ2) is 7.16. The van der Waals surface area contributed by atoms with E-state index < -0.39 is 0 Å². The van der Waals surface area contributed by atoms with E-state index in [0.29, 0.717) is 0 Å². The van der Waals surface area contributed by atoms with Crippen molar-refractivity contribution in [2.45, 2.75) is 38.6 Å². The highest BCUT2D eigenvalue weighted by Crippen LogP contribution is 2.28. The van der Waals surface area contributed by atoms with Gasteiger partial charge in [0.25, 0.3) is 0 Å². The minimum atomic E-state index is -0.140. The summed E-state index contributed by atoms with van der Waals surface area (Å²) in [4.78, 5) is 17.3. The van der Waals surface area contributed by atoms with Crippen LogP contribution < -0.4 is 5.32 Å². The topological polar surface area (TPSA) is 46.9 Å². The number of amides is 1. The number of hydrogen-bond acceptors (Lipinski definition) is 2. The van der Waals surface area contributed by atoms with E-state index in [1.807, 2.05) is 61.7 Å². The maximum Gasteiger partial charge on any atom is 0.231 e. The number of benzene rings is 2. The van der Waals surface area contributed by atoms with Crippen molar-refractivity contribution in [2.24, 2.45) is 0 Å². The summed E-state index contributed by atoms with van der Waals surface area (Å²) in [5, 5.41) is 3.09. The quantitative estimate of drug-likeness (QED) is 0.733. The number of rotatable bonds is 5. The molecule has 1 aliphatic rings. The first-order chi connectivity index (χ1) is 12.8. The first kappa shape index (κ1) is 16.6. The normalized spacial score (nSPS) is 14.0. The molecule has 2 aromatic carbocycles. The van der Waals surface area contributed by atoms with Gasteiger partial charge in [-0.25, -0.2) is 4.98 Å². The van der Waals surface area contributed by atoms with Crippen LogP contribution in [0.25, 0.3) is 11.3 Å². The Labute approximate surface area is 153 Å². The third-order valence-electron chi connectivity index (χ3n) is 5.07. The van der Waals surface area contributed by atoms with E-state index in [9.17, 15) is 4.79 Å². The van der Waals surface area contributed by atoms with Gasteiger partial charge in [-0.1, -0.05) is 49.4 Å². The summed E-state index contributed by atoms with van der Waals surface area (Å²) in [6, 6.07) is 18.0. The highest BCUT2D eigenvalue weighted by molar-refractivity contribution is 5.96. The molecule has 1 aliphatic heterocycles. The van der Waals surface area contributed by atoms with Crippen LogP contribution in [0.5, 0.6) is 0 Å². The molecule has 1 amide bonds. The SMILES string of the molecule is CCC(C(=O)Nc1cccc(-c2cnc3n2CCC3)c1)c1ccccc1.